The fourth-order valence-corrected chi connectivity index (χ4v) is 8.19. The van der Waals surface area contributed by atoms with E-state index in [1.807, 2.05) is 12.1 Å². The van der Waals surface area contributed by atoms with Crippen molar-refractivity contribution in [3.05, 3.63) is 69.7 Å². The largest absolute Gasteiger partial charge is 0.375 e. The van der Waals surface area contributed by atoms with E-state index in [9.17, 15) is 8.42 Å². The number of para-hydroxylation sites is 1. The highest BCUT2D eigenvalue weighted by Crippen LogP contribution is 2.45. The van der Waals surface area contributed by atoms with Crippen LogP contribution in [-0.4, -0.2) is 13.4 Å². The lowest BCUT2D eigenvalue weighted by Crippen LogP contribution is -2.31. The van der Waals surface area contributed by atoms with Crippen LogP contribution in [0.2, 0.25) is 0 Å². The minimum Gasteiger partial charge on any atom is -0.375 e. The highest BCUT2D eigenvalue weighted by molar-refractivity contribution is 7.93. The molecule has 0 spiro atoms. The molecule has 2 aromatic heterocycles. The van der Waals surface area contributed by atoms with Gasteiger partial charge < -0.3 is 5.32 Å². The molecule has 0 fully saturated rings. The van der Waals surface area contributed by atoms with E-state index in [1.165, 1.54) is 16.2 Å². The molecule has 2 aromatic carbocycles. The summed E-state index contributed by atoms with van der Waals surface area (Å²) in [4.78, 5) is 10.3. The molecule has 0 unspecified atom stereocenters. The fraction of sp³-hybridized carbons (Fsp3) is 0.143. The maximum atomic E-state index is 12.5. The summed E-state index contributed by atoms with van der Waals surface area (Å²) in [7, 11) is -0.318. The predicted molar refractivity (Wildman–Crippen MR) is 129 cm³/mol. The van der Waals surface area contributed by atoms with Gasteiger partial charge in [-0.05, 0) is 44.2 Å². The monoisotopic (exact) mass is 486 g/mol. The summed E-state index contributed by atoms with van der Waals surface area (Å²) >= 11 is 1.24. The Morgan fingerprint density at radius 1 is 1.06 bits per heavy atom. The van der Waals surface area contributed by atoms with Gasteiger partial charge in [0.1, 0.15) is 4.67 Å². The van der Waals surface area contributed by atoms with Gasteiger partial charge >= 0.3 is 0 Å². The fourth-order valence-electron chi connectivity index (χ4n) is 3.46. The molecule has 5 rings (SSSR count). The second-order valence-corrected chi connectivity index (χ2v) is 12.2. The van der Waals surface area contributed by atoms with Crippen LogP contribution in [-0.2, 0) is 15.6 Å². The van der Waals surface area contributed by atoms with Gasteiger partial charge in [-0.1, -0.05) is 38.9 Å². The lowest BCUT2D eigenvalue weighted by molar-refractivity contribution is 0.601. The zero-order chi connectivity index (χ0) is 21.6. The smallest absolute Gasteiger partial charge is 0.263 e. The van der Waals surface area contributed by atoms with Gasteiger partial charge in [0.05, 0.1) is 21.0 Å². The summed E-state index contributed by atoms with van der Waals surface area (Å²) in [6.07, 6.45) is 1.56. The highest BCUT2D eigenvalue weighted by Gasteiger charge is 2.33. The number of thiazole rings is 1. The first-order chi connectivity index (χ1) is 14.8. The first kappa shape index (κ1) is 20.4. The molecular weight excluding hydrogens is 469 g/mol. The molecule has 0 saturated carbocycles. The molecule has 10 heteroatoms. The van der Waals surface area contributed by atoms with Crippen LogP contribution < -0.4 is 14.7 Å². The Bertz CT molecular complexity index is 1420. The third-order valence-electron chi connectivity index (χ3n) is 4.89. The molecular formula is C21H18N4O2S4. The number of nitrogens with zero attached hydrogens (tertiary/aromatic N) is 2. The molecule has 0 aliphatic carbocycles. The summed E-state index contributed by atoms with van der Waals surface area (Å²) in [5.74, 6) is 0. The van der Waals surface area contributed by atoms with E-state index in [-0.39, 0.29) is 10.4 Å². The number of benzene rings is 2. The van der Waals surface area contributed by atoms with Gasteiger partial charge in [-0.15, -0.1) is 11.3 Å². The molecule has 0 saturated heterocycles. The summed E-state index contributed by atoms with van der Waals surface area (Å²) < 4.78 is 28.5. The van der Waals surface area contributed by atoms with E-state index in [4.69, 9.17) is 4.99 Å². The molecule has 1 aliphatic heterocycles. The van der Waals surface area contributed by atoms with E-state index >= 15 is 0 Å². The first-order valence-corrected chi connectivity index (χ1v) is 13.9. The Labute approximate surface area is 191 Å². The van der Waals surface area contributed by atoms with Crippen LogP contribution in [0.15, 0.2) is 70.0 Å². The molecule has 158 valence electrons. The lowest BCUT2D eigenvalue weighted by Gasteiger charge is -2.33. The lowest BCUT2D eigenvalue weighted by atomic mass is 9.90. The number of hydrogen-bond donors (Lipinski definition) is 2. The van der Waals surface area contributed by atoms with E-state index in [2.05, 4.69) is 41.0 Å². The van der Waals surface area contributed by atoms with Crippen LogP contribution in [0.4, 0.5) is 16.5 Å². The number of nitrogens with one attached hydrogen (secondary N) is 2. The second-order valence-electron chi connectivity index (χ2n) is 7.52. The summed E-state index contributed by atoms with van der Waals surface area (Å²) in [5, 5.41) is 5.67. The van der Waals surface area contributed by atoms with Gasteiger partial charge in [0.2, 0.25) is 0 Å². The zero-order valence-corrected chi connectivity index (χ0v) is 19.9. The number of hydrogen-bond acceptors (Lipinski definition) is 8. The second kappa shape index (κ2) is 7.56. The third-order valence-corrected chi connectivity index (χ3v) is 9.70. The average Bonchev–Trinajstić information content (AvgIpc) is 3.38. The summed E-state index contributed by atoms with van der Waals surface area (Å²) in [6.45, 7) is 4.34. The molecule has 31 heavy (non-hydrogen) atoms. The SMILES string of the molecule is CC1(C)Nc2ccccc2-c2c1ssc2=Nc1ccc(S(=O)(=O)Nc2nccs2)cc1. The number of rotatable bonds is 4. The minimum atomic E-state index is -3.68. The minimum absolute atomic E-state index is 0.174. The first-order valence-electron chi connectivity index (χ1n) is 9.42. The number of aromatic nitrogens is 1. The van der Waals surface area contributed by atoms with Crippen LogP contribution in [0.1, 0.15) is 18.7 Å². The van der Waals surface area contributed by atoms with E-state index < -0.39 is 10.0 Å². The van der Waals surface area contributed by atoms with Gasteiger partial charge in [-0.25, -0.2) is 18.4 Å². The number of anilines is 2. The number of sulfonamides is 1. The number of fused-ring (bicyclic) bond motifs is 3. The van der Waals surface area contributed by atoms with E-state index in [0.29, 0.717) is 10.8 Å². The Morgan fingerprint density at radius 2 is 1.84 bits per heavy atom. The maximum absolute atomic E-state index is 12.5. The molecule has 4 aromatic rings. The van der Waals surface area contributed by atoms with Crippen LogP contribution in [0.3, 0.4) is 0 Å². The van der Waals surface area contributed by atoms with Crippen molar-refractivity contribution in [2.24, 2.45) is 4.99 Å². The molecule has 0 amide bonds. The predicted octanol–water partition coefficient (Wildman–Crippen LogP) is 5.63. The molecule has 3 heterocycles. The molecule has 0 atom stereocenters. The quantitative estimate of drug-likeness (QED) is 0.366. The van der Waals surface area contributed by atoms with Crippen molar-refractivity contribution in [1.82, 2.24) is 4.98 Å². The molecule has 1 aliphatic rings. The van der Waals surface area contributed by atoms with Crippen molar-refractivity contribution >= 4 is 58.5 Å². The Kier molecular flexibility index (Phi) is 4.97. The molecule has 0 bridgehead atoms. The molecule has 6 nitrogen and oxygen atoms in total. The highest BCUT2D eigenvalue weighted by atomic mass is 32.9. The van der Waals surface area contributed by atoms with Crippen molar-refractivity contribution < 1.29 is 8.42 Å². The normalized spacial score (nSPS) is 15.1. The van der Waals surface area contributed by atoms with Crippen LogP contribution in [0.25, 0.3) is 11.1 Å². The van der Waals surface area contributed by atoms with Crippen molar-refractivity contribution in [2.75, 3.05) is 10.0 Å². The van der Waals surface area contributed by atoms with Gasteiger partial charge in [0.15, 0.2) is 5.13 Å². The van der Waals surface area contributed by atoms with Crippen LogP contribution in [0.5, 0.6) is 0 Å². The third kappa shape index (κ3) is 3.80. The van der Waals surface area contributed by atoms with Crippen LogP contribution >= 0.6 is 32.0 Å². The Morgan fingerprint density at radius 3 is 2.58 bits per heavy atom. The van der Waals surface area contributed by atoms with Crippen molar-refractivity contribution in [3.8, 4) is 11.1 Å². The van der Waals surface area contributed by atoms with Gasteiger partial charge in [-0.3, -0.25) is 4.72 Å². The van der Waals surface area contributed by atoms with Gasteiger partial charge in [0.25, 0.3) is 10.0 Å². The average molecular weight is 487 g/mol. The van der Waals surface area contributed by atoms with Crippen molar-refractivity contribution in [1.29, 1.82) is 0 Å². The topological polar surface area (TPSA) is 83.5 Å². The maximum Gasteiger partial charge on any atom is 0.263 e. The van der Waals surface area contributed by atoms with Crippen molar-refractivity contribution in [2.45, 2.75) is 24.3 Å². The summed E-state index contributed by atoms with van der Waals surface area (Å²) in [5.41, 5.74) is 3.91. The Balaban J connectivity index is 1.53. The van der Waals surface area contributed by atoms with Gasteiger partial charge in [0, 0.05) is 28.4 Å². The van der Waals surface area contributed by atoms with E-state index in [1.54, 1.807) is 56.5 Å². The zero-order valence-electron chi connectivity index (χ0n) is 16.6. The van der Waals surface area contributed by atoms with E-state index in [0.717, 1.165) is 21.5 Å². The Hall–Kier alpha value is -2.53. The van der Waals surface area contributed by atoms with Crippen molar-refractivity contribution in [3.63, 3.8) is 0 Å². The van der Waals surface area contributed by atoms with Gasteiger partial charge in [-0.2, -0.15) is 0 Å². The molecule has 0 radical (unpaired) electrons. The van der Waals surface area contributed by atoms with Crippen LogP contribution in [0, 0.1) is 0 Å². The summed E-state index contributed by atoms with van der Waals surface area (Å²) in [6, 6.07) is 14.8. The standard InChI is InChI=1S/C21H18N4O2S4/c1-21(2)18-17(15-5-3-4-6-16(15)24-21)19(30-29-18)23-13-7-9-14(10-8-13)31(26,27)25-20-22-11-12-28-20/h3-12,24H,1-2H3,(H,22,25). The molecule has 2 N–H and O–H groups in total.